The molecule has 0 unspecified atom stereocenters. The van der Waals surface area contributed by atoms with Crippen LogP contribution in [-0.2, 0) is 11.0 Å². The van der Waals surface area contributed by atoms with Gasteiger partial charge in [0.25, 0.3) is 11.5 Å². The van der Waals surface area contributed by atoms with E-state index >= 15 is 0 Å². The minimum Gasteiger partial charge on any atom is -0.477 e. The molecular weight excluding hydrogens is 603 g/mol. The number of halogens is 4. The summed E-state index contributed by atoms with van der Waals surface area (Å²) in [7, 11) is 0. The Morgan fingerprint density at radius 1 is 1.05 bits per heavy atom. The monoisotopic (exact) mass is 621 g/mol. The predicted octanol–water partition coefficient (Wildman–Crippen LogP) is 6.54. The molecule has 1 aromatic heterocycles. The van der Waals surface area contributed by atoms with Crippen molar-refractivity contribution in [3.63, 3.8) is 0 Å². The Labute approximate surface area is 251 Å². The van der Waals surface area contributed by atoms with E-state index in [0.29, 0.717) is 10.7 Å². The molecule has 1 heterocycles. The van der Waals surface area contributed by atoms with Gasteiger partial charge in [0.15, 0.2) is 18.2 Å². The molecule has 222 valence electrons. The summed E-state index contributed by atoms with van der Waals surface area (Å²) in [6.07, 6.45) is -3.51. The van der Waals surface area contributed by atoms with Crippen molar-refractivity contribution in [2.75, 3.05) is 11.9 Å². The van der Waals surface area contributed by atoms with E-state index in [1.54, 1.807) is 42.5 Å². The van der Waals surface area contributed by atoms with Crippen molar-refractivity contribution in [3.8, 4) is 17.1 Å². The Balaban J connectivity index is 1.46. The zero-order chi connectivity index (χ0) is 31.4. The number of nitrogens with zero attached hydrogens (tertiary/aromatic N) is 4. The van der Waals surface area contributed by atoms with Gasteiger partial charge in [0.2, 0.25) is 0 Å². The van der Waals surface area contributed by atoms with Crippen LogP contribution in [0.15, 0.2) is 101 Å². The van der Waals surface area contributed by atoms with Gasteiger partial charge in [-0.2, -0.15) is 22.9 Å². The van der Waals surface area contributed by atoms with Gasteiger partial charge in [0.05, 0.1) is 27.6 Å². The highest BCUT2D eigenvalue weighted by Crippen LogP contribution is 2.32. The molecule has 4 aromatic carbocycles. The van der Waals surface area contributed by atoms with Crippen molar-refractivity contribution in [3.05, 3.63) is 128 Å². The maximum Gasteiger partial charge on any atom is 0.416 e. The Kier molecular flexibility index (Phi) is 8.40. The molecule has 44 heavy (non-hydrogen) atoms. The lowest BCUT2D eigenvalue weighted by atomic mass is 10.1. The Morgan fingerprint density at radius 3 is 2.52 bits per heavy atom. The fourth-order valence-corrected chi connectivity index (χ4v) is 4.26. The van der Waals surface area contributed by atoms with Crippen LogP contribution < -0.4 is 15.6 Å². The number of ether oxygens (including phenoxy) is 1. The van der Waals surface area contributed by atoms with Crippen LogP contribution in [0.3, 0.4) is 0 Å². The van der Waals surface area contributed by atoms with Crippen LogP contribution >= 0.6 is 11.6 Å². The van der Waals surface area contributed by atoms with Gasteiger partial charge < -0.3 is 10.1 Å². The Morgan fingerprint density at radius 2 is 1.80 bits per heavy atom. The number of nitro benzene ring substituents is 1. The number of anilines is 1. The third-order valence-corrected chi connectivity index (χ3v) is 6.44. The predicted molar refractivity (Wildman–Crippen MR) is 158 cm³/mol. The maximum atomic E-state index is 13.4. The summed E-state index contributed by atoms with van der Waals surface area (Å²) in [5, 5.41) is 19.1. The van der Waals surface area contributed by atoms with E-state index in [1.807, 2.05) is 0 Å². The number of hydrogen-bond donors (Lipinski definition) is 1. The zero-order valence-corrected chi connectivity index (χ0v) is 23.0. The van der Waals surface area contributed by atoms with E-state index in [0.717, 1.165) is 29.1 Å². The summed E-state index contributed by atoms with van der Waals surface area (Å²) in [6.45, 7) is -0.532. The number of rotatable bonds is 8. The van der Waals surface area contributed by atoms with Gasteiger partial charge in [-0.1, -0.05) is 35.9 Å². The lowest BCUT2D eigenvalue weighted by molar-refractivity contribution is -0.385. The summed E-state index contributed by atoms with van der Waals surface area (Å²) < 4.78 is 46.5. The first kappa shape index (κ1) is 29.9. The van der Waals surface area contributed by atoms with Crippen LogP contribution in [0.4, 0.5) is 24.5 Å². The van der Waals surface area contributed by atoms with Crippen LogP contribution in [0, 0.1) is 10.1 Å². The molecule has 0 radical (unpaired) electrons. The summed E-state index contributed by atoms with van der Waals surface area (Å²) in [4.78, 5) is 41.1. The minimum atomic E-state index is -4.64. The van der Waals surface area contributed by atoms with E-state index in [1.165, 1.54) is 30.3 Å². The van der Waals surface area contributed by atoms with Crippen molar-refractivity contribution in [1.82, 2.24) is 9.66 Å². The average Bonchev–Trinajstić information content (AvgIpc) is 3.00. The van der Waals surface area contributed by atoms with Crippen LogP contribution in [0.1, 0.15) is 11.1 Å². The fourth-order valence-electron chi connectivity index (χ4n) is 4.13. The second-order valence-electron chi connectivity index (χ2n) is 9.22. The number of nitro groups is 1. The number of carbonyl (C=O) groups excluding carboxylic acids is 1. The number of aromatic nitrogens is 2. The molecule has 0 bridgehead atoms. The SMILES string of the molecule is O=C(COc1ccc(C=Nn2c(-c3cccc(C(F)(F)F)c3)nc3ccccc3c2=O)cc1[N+](=O)[O-])Nc1ccc(Cl)cc1. The summed E-state index contributed by atoms with van der Waals surface area (Å²) in [5.74, 6) is -0.942. The van der Waals surface area contributed by atoms with Crippen molar-refractivity contribution >= 4 is 46.0 Å². The van der Waals surface area contributed by atoms with Gasteiger partial charge in [-0.25, -0.2) is 4.98 Å². The van der Waals surface area contributed by atoms with Gasteiger partial charge in [-0.05, 0) is 60.7 Å². The number of carbonyl (C=O) groups is 1. The highest BCUT2D eigenvalue weighted by molar-refractivity contribution is 6.30. The molecule has 0 aliphatic carbocycles. The minimum absolute atomic E-state index is 0.0218. The van der Waals surface area contributed by atoms with Crippen LogP contribution in [0.25, 0.3) is 22.3 Å². The smallest absolute Gasteiger partial charge is 0.416 e. The van der Waals surface area contributed by atoms with Crippen molar-refractivity contribution < 1.29 is 27.6 Å². The molecule has 1 N–H and O–H groups in total. The largest absolute Gasteiger partial charge is 0.477 e. The number of alkyl halides is 3. The quantitative estimate of drug-likeness (QED) is 0.119. The van der Waals surface area contributed by atoms with Crippen molar-refractivity contribution in [1.29, 1.82) is 0 Å². The number of hydrogen-bond acceptors (Lipinski definition) is 7. The van der Waals surface area contributed by atoms with Gasteiger partial charge in [0, 0.05) is 27.9 Å². The Bertz CT molecular complexity index is 1980. The molecule has 0 aliphatic rings. The normalized spacial score (nSPS) is 11.5. The fraction of sp³-hybridized carbons (Fsp3) is 0.0667. The second-order valence-corrected chi connectivity index (χ2v) is 9.66. The summed E-state index contributed by atoms with van der Waals surface area (Å²) in [5.41, 5.74) is -1.27. The van der Waals surface area contributed by atoms with Gasteiger partial charge in [-0.3, -0.25) is 19.7 Å². The van der Waals surface area contributed by atoms with Gasteiger partial charge >= 0.3 is 11.9 Å². The summed E-state index contributed by atoms with van der Waals surface area (Å²) in [6, 6.07) is 20.6. The van der Waals surface area contributed by atoms with Crippen LogP contribution in [-0.4, -0.2) is 33.3 Å². The first-order valence-corrected chi connectivity index (χ1v) is 13.1. The molecule has 5 aromatic rings. The number of fused-ring (bicyclic) bond motifs is 1. The van der Waals surface area contributed by atoms with Gasteiger partial charge in [0.1, 0.15) is 0 Å². The summed E-state index contributed by atoms with van der Waals surface area (Å²) >= 11 is 5.83. The highest BCUT2D eigenvalue weighted by Gasteiger charge is 2.31. The Hall–Kier alpha value is -5.56. The molecule has 14 heteroatoms. The molecule has 5 rings (SSSR count). The lowest BCUT2D eigenvalue weighted by Gasteiger charge is -2.12. The second kappa shape index (κ2) is 12.4. The zero-order valence-electron chi connectivity index (χ0n) is 22.3. The molecule has 0 saturated carbocycles. The van der Waals surface area contributed by atoms with Crippen LogP contribution in [0.5, 0.6) is 5.75 Å². The molecule has 0 fully saturated rings. The van der Waals surface area contributed by atoms with Gasteiger partial charge in [-0.15, -0.1) is 0 Å². The number of amides is 1. The maximum absolute atomic E-state index is 13.4. The standard InChI is InChI=1S/C30H19ClF3N5O5/c31-21-9-11-22(12-10-21)36-27(40)17-44-26-13-8-18(14-25(26)39(42)43)16-35-38-28(19-4-3-5-20(15-19)30(32,33)34)37-24-7-2-1-6-23(24)29(38)41/h1-16H,17H2,(H,36,40). The molecule has 10 nitrogen and oxygen atoms in total. The van der Waals surface area contributed by atoms with E-state index < -0.39 is 40.4 Å². The highest BCUT2D eigenvalue weighted by atomic mass is 35.5. The molecule has 0 saturated heterocycles. The molecular formula is C30H19ClF3N5O5. The van der Waals surface area contributed by atoms with Crippen molar-refractivity contribution in [2.45, 2.75) is 6.18 Å². The molecule has 1 amide bonds. The van der Waals surface area contributed by atoms with Crippen LogP contribution in [0.2, 0.25) is 5.02 Å². The molecule has 0 atom stereocenters. The number of para-hydroxylation sites is 1. The molecule has 0 aliphatic heterocycles. The van der Waals surface area contributed by atoms with E-state index in [9.17, 15) is 32.9 Å². The number of nitrogens with one attached hydrogen (secondary N) is 1. The molecule has 0 spiro atoms. The van der Waals surface area contributed by atoms with E-state index in [-0.39, 0.29) is 33.6 Å². The first-order valence-electron chi connectivity index (χ1n) is 12.7. The average molecular weight is 622 g/mol. The number of benzene rings is 4. The topological polar surface area (TPSA) is 129 Å². The van der Waals surface area contributed by atoms with Crippen molar-refractivity contribution in [2.24, 2.45) is 5.10 Å². The lowest BCUT2D eigenvalue weighted by Crippen LogP contribution is -2.20. The third kappa shape index (κ3) is 6.73. The third-order valence-electron chi connectivity index (χ3n) is 6.19. The van der Waals surface area contributed by atoms with E-state index in [2.05, 4.69) is 15.4 Å². The first-order chi connectivity index (χ1) is 21.0. The van der Waals surface area contributed by atoms with E-state index in [4.69, 9.17) is 16.3 Å².